The maximum Gasteiger partial charge on any atom is 0.0963 e. The van der Waals surface area contributed by atoms with Gasteiger partial charge in [0, 0.05) is 30.6 Å². The lowest BCUT2D eigenvalue weighted by Crippen LogP contribution is -2.55. The molecule has 0 amide bonds. The van der Waals surface area contributed by atoms with E-state index in [1.165, 1.54) is 0 Å². The van der Waals surface area contributed by atoms with Crippen LogP contribution in [-0.4, -0.2) is 54.4 Å². The number of nitrogens with one attached hydrogen (secondary N) is 1. The predicted molar refractivity (Wildman–Crippen MR) is 78.1 cm³/mol. The molecule has 0 aromatic rings. The van der Waals surface area contributed by atoms with Crippen molar-refractivity contribution < 1.29 is 0 Å². The van der Waals surface area contributed by atoms with Crippen LogP contribution >= 0.6 is 0 Å². The Hall–Kier alpha value is -0.610. The molecule has 0 aromatic heterocycles. The van der Waals surface area contributed by atoms with Crippen molar-refractivity contribution >= 4 is 5.84 Å². The van der Waals surface area contributed by atoms with Gasteiger partial charge in [-0.3, -0.25) is 10.3 Å². The number of rotatable bonds is 5. The topological polar surface area (TPSA) is 56.4 Å². The Bertz CT molecular complexity index is 276. The van der Waals surface area contributed by atoms with Gasteiger partial charge < -0.3 is 10.6 Å². The predicted octanol–water partition coefficient (Wildman–Crippen LogP) is 1.75. The van der Waals surface area contributed by atoms with Crippen molar-refractivity contribution in [3.05, 3.63) is 0 Å². The summed E-state index contributed by atoms with van der Waals surface area (Å²) in [6.45, 7) is 12.1. The van der Waals surface area contributed by atoms with Crippen molar-refractivity contribution in [3.8, 4) is 0 Å². The van der Waals surface area contributed by atoms with Crippen LogP contribution in [0.25, 0.3) is 0 Å². The molecule has 0 radical (unpaired) electrons. The summed E-state index contributed by atoms with van der Waals surface area (Å²) in [5.74, 6) is 0.308. The SMILES string of the molecule is CC1CN(CCCC(C)(C)C(=N)N)CC(C)N1C. The average Bonchev–Trinajstić information content (AvgIpc) is 2.25. The van der Waals surface area contributed by atoms with Gasteiger partial charge >= 0.3 is 0 Å². The smallest absolute Gasteiger partial charge is 0.0963 e. The minimum Gasteiger partial charge on any atom is -0.387 e. The van der Waals surface area contributed by atoms with Crippen LogP contribution in [0.4, 0.5) is 0 Å². The highest BCUT2D eigenvalue weighted by molar-refractivity contribution is 5.82. The van der Waals surface area contributed by atoms with Gasteiger partial charge in [0.25, 0.3) is 0 Å². The van der Waals surface area contributed by atoms with Crippen molar-refractivity contribution in [3.63, 3.8) is 0 Å². The number of hydrogen-bond acceptors (Lipinski definition) is 3. The second-order valence-electron chi connectivity index (χ2n) is 6.52. The first-order chi connectivity index (χ1) is 8.24. The summed E-state index contributed by atoms with van der Waals surface area (Å²) in [4.78, 5) is 5.00. The fourth-order valence-corrected chi connectivity index (χ4v) is 2.58. The van der Waals surface area contributed by atoms with Crippen LogP contribution < -0.4 is 5.73 Å². The van der Waals surface area contributed by atoms with Gasteiger partial charge in [-0.25, -0.2) is 0 Å². The van der Waals surface area contributed by atoms with Crippen LogP contribution in [0.5, 0.6) is 0 Å². The van der Waals surface area contributed by atoms with Crippen LogP contribution in [0.1, 0.15) is 40.5 Å². The van der Waals surface area contributed by atoms with Crippen molar-refractivity contribution in [2.45, 2.75) is 52.6 Å². The third kappa shape index (κ3) is 3.95. The number of amidine groups is 1. The average molecular weight is 254 g/mol. The molecule has 1 rings (SSSR count). The van der Waals surface area contributed by atoms with Crippen LogP contribution in [0.15, 0.2) is 0 Å². The molecule has 1 aliphatic rings. The van der Waals surface area contributed by atoms with E-state index in [-0.39, 0.29) is 5.41 Å². The van der Waals surface area contributed by atoms with E-state index < -0.39 is 0 Å². The monoisotopic (exact) mass is 254 g/mol. The Kier molecular flexibility index (Phi) is 5.17. The Morgan fingerprint density at radius 3 is 2.22 bits per heavy atom. The molecular weight excluding hydrogens is 224 g/mol. The lowest BCUT2D eigenvalue weighted by molar-refractivity contribution is 0.0582. The van der Waals surface area contributed by atoms with E-state index in [0.29, 0.717) is 17.9 Å². The van der Waals surface area contributed by atoms with Gasteiger partial charge in [0.05, 0.1) is 5.84 Å². The van der Waals surface area contributed by atoms with Crippen LogP contribution in [0, 0.1) is 10.8 Å². The molecule has 3 N–H and O–H groups in total. The number of likely N-dealkylation sites (N-methyl/N-ethyl adjacent to an activating group) is 1. The molecule has 0 bridgehead atoms. The normalized spacial score (nSPS) is 27.4. The molecule has 4 nitrogen and oxygen atoms in total. The molecule has 4 heteroatoms. The molecule has 1 aliphatic heterocycles. The maximum atomic E-state index is 7.57. The summed E-state index contributed by atoms with van der Waals surface area (Å²) in [7, 11) is 2.21. The molecule has 0 saturated carbocycles. The van der Waals surface area contributed by atoms with E-state index in [1.807, 2.05) is 0 Å². The molecule has 18 heavy (non-hydrogen) atoms. The lowest BCUT2D eigenvalue weighted by Gasteiger charge is -2.42. The minimum atomic E-state index is -0.149. The summed E-state index contributed by atoms with van der Waals surface area (Å²) in [6.07, 6.45) is 2.12. The van der Waals surface area contributed by atoms with Gasteiger partial charge in [-0.1, -0.05) is 13.8 Å². The Balaban J connectivity index is 2.34. The number of hydrogen-bond donors (Lipinski definition) is 2. The standard InChI is InChI=1S/C14H30N4/c1-11-9-18(10-12(2)17(11)5)8-6-7-14(3,4)13(15)16/h11-12H,6-10H2,1-5H3,(H3,15,16). The first kappa shape index (κ1) is 15.4. The second-order valence-corrected chi connectivity index (χ2v) is 6.52. The Morgan fingerprint density at radius 2 is 1.78 bits per heavy atom. The first-order valence-electron chi connectivity index (χ1n) is 7.03. The minimum absolute atomic E-state index is 0.149. The van der Waals surface area contributed by atoms with E-state index in [2.05, 4.69) is 44.5 Å². The summed E-state index contributed by atoms with van der Waals surface area (Å²) >= 11 is 0. The Labute approximate surface area is 112 Å². The van der Waals surface area contributed by atoms with Gasteiger partial charge in [0.1, 0.15) is 0 Å². The summed E-state index contributed by atoms with van der Waals surface area (Å²) in [6, 6.07) is 1.27. The fraction of sp³-hybridized carbons (Fsp3) is 0.929. The highest BCUT2D eigenvalue weighted by atomic mass is 15.3. The summed E-state index contributed by atoms with van der Waals surface area (Å²) in [5, 5.41) is 7.57. The molecule has 0 aromatic carbocycles. The number of nitrogens with two attached hydrogens (primary N) is 1. The van der Waals surface area contributed by atoms with Gasteiger partial charge in [0.15, 0.2) is 0 Å². The third-order valence-electron chi connectivity index (χ3n) is 4.44. The number of nitrogens with zero attached hydrogens (tertiary/aromatic N) is 2. The zero-order valence-corrected chi connectivity index (χ0v) is 12.7. The van der Waals surface area contributed by atoms with Gasteiger partial charge in [0.2, 0.25) is 0 Å². The van der Waals surface area contributed by atoms with Crippen molar-refractivity contribution in [2.24, 2.45) is 11.1 Å². The molecule has 1 heterocycles. The van der Waals surface area contributed by atoms with Crippen LogP contribution in [0.2, 0.25) is 0 Å². The quantitative estimate of drug-likeness (QED) is 0.580. The summed E-state index contributed by atoms with van der Waals surface area (Å²) < 4.78 is 0. The van der Waals surface area contributed by atoms with Crippen molar-refractivity contribution in [1.82, 2.24) is 9.80 Å². The summed E-state index contributed by atoms with van der Waals surface area (Å²) in [5.41, 5.74) is 5.47. The van der Waals surface area contributed by atoms with Gasteiger partial charge in [-0.15, -0.1) is 0 Å². The number of piperazine rings is 1. The van der Waals surface area contributed by atoms with Gasteiger partial charge in [-0.2, -0.15) is 0 Å². The zero-order valence-electron chi connectivity index (χ0n) is 12.7. The van der Waals surface area contributed by atoms with Crippen molar-refractivity contribution in [1.29, 1.82) is 5.41 Å². The van der Waals surface area contributed by atoms with Crippen LogP contribution in [0.3, 0.4) is 0 Å². The van der Waals surface area contributed by atoms with E-state index in [0.717, 1.165) is 32.5 Å². The van der Waals surface area contributed by atoms with E-state index >= 15 is 0 Å². The molecule has 1 fully saturated rings. The van der Waals surface area contributed by atoms with E-state index in [4.69, 9.17) is 11.1 Å². The lowest BCUT2D eigenvalue weighted by atomic mass is 9.86. The highest BCUT2D eigenvalue weighted by Crippen LogP contribution is 2.22. The molecule has 0 spiro atoms. The van der Waals surface area contributed by atoms with Crippen LogP contribution in [-0.2, 0) is 0 Å². The van der Waals surface area contributed by atoms with Crippen molar-refractivity contribution in [2.75, 3.05) is 26.7 Å². The van der Waals surface area contributed by atoms with E-state index in [1.54, 1.807) is 0 Å². The maximum absolute atomic E-state index is 7.57. The van der Waals surface area contributed by atoms with Gasteiger partial charge in [-0.05, 0) is 40.3 Å². The first-order valence-corrected chi connectivity index (χ1v) is 7.03. The molecular formula is C14H30N4. The molecule has 1 saturated heterocycles. The zero-order chi connectivity index (χ0) is 13.9. The molecule has 0 aliphatic carbocycles. The Morgan fingerprint density at radius 1 is 1.28 bits per heavy atom. The molecule has 2 unspecified atom stereocenters. The fourth-order valence-electron chi connectivity index (χ4n) is 2.58. The molecule has 2 atom stereocenters. The van der Waals surface area contributed by atoms with E-state index in [9.17, 15) is 0 Å². The highest BCUT2D eigenvalue weighted by Gasteiger charge is 2.27. The third-order valence-corrected chi connectivity index (χ3v) is 4.44. The second kappa shape index (κ2) is 6.02. The molecule has 106 valence electrons. The largest absolute Gasteiger partial charge is 0.387 e.